The van der Waals surface area contributed by atoms with Gasteiger partial charge in [0.2, 0.25) is 0 Å². The van der Waals surface area contributed by atoms with Gasteiger partial charge < -0.3 is 4.90 Å². The summed E-state index contributed by atoms with van der Waals surface area (Å²) in [6.07, 6.45) is 4.80. The summed E-state index contributed by atoms with van der Waals surface area (Å²) in [6.45, 7) is 3.28. The Balaban J connectivity index is 1.64. The highest BCUT2D eigenvalue weighted by molar-refractivity contribution is 7.92. The fourth-order valence-electron chi connectivity index (χ4n) is 4.33. The zero-order valence-corrected chi connectivity index (χ0v) is 17.0. The maximum atomic E-state index is 13.3. The van der Waals surface area contributed by atoms with Crippen molar-refractivity contribution in [3.8, 4) is 0 Å². The van der Waals surface area contributed by atoms with E-state index in [1.165, 1.54) is 4.31 Å². The fraction of sp³-hybridized carbons (Fsp3) is 0.409. The minimum Gasteiger partial charge on any atom is -0.336 e. The van der Waals surface area contributed by atoms with E-state index < -0.39 is 10.0 Å². The van der Waals surface area contributed by atoms with Crippen molar-refractivity contribution in [3.05, 3.63) is 59.7 Å². The van der Waals surface area contributed by atoms with Gasteiger partial charge in [-0.3, -0.25) is 9.10 Å². The highest BCUT2D eigenvalue weighted by atomic mass is 32.2. The third-order valence-electron chi connectivity index (χ3n) is 5.87. The summed E-state index contributed by atoms with van der Waals surface area (Å²) < 4.78 is 28.0. The second kappa shape index (κ2) is 7.59. The molecule has 2 aromatic rings. The lowest BCUT2D eigenvalue weighted by molar-refractivity contribution is 0.0608. The van der Waals surface area contributed by atoms with Crippen LogP contribution in [0.3, 0.4) is 0 Å². The average molecular weight is 399 g/mol. The van der Waals surface area contributed by atoms with E-state index in [9.17, 15) is 13.2 Å². The molecule has 1 amide bonds. The number of likely N-dealkylation sites (tertiary alicyclic amines) is 1. The van der Waals surface area contributed by atoms with E-state index in [0.29, 0.717) is 18.5 Å². The number of carbonyl (C=O) groups is 1. The number of para-hydroxylation sites is 1. The van der Waals surface area contributed by atoms with Gasteiger partial charge in [-0.1, -0.05) is 31.2 Å². The lowest BCUT2D eigenvalue weighted by Gasteiger charge is -2.35. The molecule has 1 saturated heterocycles. The zero-order valence-electron chi connectivity index (χ0n) is 16.2. The highest BCUT2D eigenvalue weighted by Crippen LogP contribution is 2.33. The van der Waals surface area contributed by atoms with Gasteiger partial charge in [0, 0.05) is 24.7 Å². The van der Waals surface area contributed by atoms with Crippen molar-refractivity contribution in [2.45, 2.75) is 50.0 Å². The number of sulfonamides is 1. The molecule has 5 nitrogen and oxygen atoms in total. The average Bonchev–Trinajstić information content (AvgIpc) is 3.18. The van der Waals surface area contributed by atoms with Crippen molar-refractivity contribution in [2.75, 3.05) is 17.4 Å². The van der Waals surface area contributed by atoms with Crippen LogP contribution in [0.4, 0.5) is 5.69 Å². The number of amides is 1. The zero-order chi connectivity index (χ0) is 19.7. The summed E-state index contributed by atoms with van der Waals surface area (Å²) in [5.74, 6) is -0.0644. The topological polar surface area (TPSA) is 57.7 Å². The molecular formula is C22H26N2O3S. The molecule has 0 N–H and O–H groups in total. The molecule has 0 spiro atoms. The van der Waals surface area contributed by atoms with Crippen LogP contribution in [-0.4, -0.2) is 38.4 Å². The van der Waals surface area contributed by atoms with E-state index in [1.54, 1.807) is 24.3 Å². The molecule has 2 aliphatic heterocycles. The Bertz CT molecular complexity index is 987. The number of anilines is 1. The number of benzene rings is 2. The molecule has 0 aliphatic carbocycles. The van der Waals surface area contributed by atoms with Gasteiger partial charge in [-0.15, -0.1) is 0 Å². The smallest absolute Gasteiger partial charge is 0.264 e. The predicted octanol–water partition coefficient (Wildman–Crippen LogP) is 3.84. The number of hydrogen-bond donors (Lipinski definition) is 0. The van der Waals surface area contributed by atoms with Crippen LogP contribution in [0.2, 0.25) is 0 Å². The van der Waals surface area contributed by atoms with Crippen molar-refractivity contribution in [1.82, 2.24) is 4.90 Å². The van der Waals surface area contributed by atoms with Crippen LogP contribution < -0.4 is 4.31 Å². The van der Waals surface area contributed by atoms with Crippen LogP contribution in [0.15, 0.2) is 53.4 Å². The van der Waals surface area contributed by atoms with Gasteiger partial charge in [-0.05, 0) is 61.9 Å². The largest absolute Gasteiger partial charge is 0.336 e. The molecule has 0 aromatic heterocycles. The minimum atomic E-state index is -3.70. The number of hydrogen-bond acceptors (Lipinski definition) is 3. The van der Waals surface area contributed by atoms with Crippen molar-refractivity contribution >= 4 is 21.6 Å². The van der Waals surface area contributed by atoms with Crippen molar-refractivity contribution in [2.24, 2.45) is 0 Å². The first kappa shape index (κ1) is 19.0. The van der Waals surface area contributed by atoms with Crippen LogP contribution in [0.25, 0.3) is 0 Å². The molecule has 0 saturated carbocycles. The summed E-state index contributed by atoms with van der Waals surface area (Å²) in [7, 11) is -3.70. The molecule has 2 aliphatic rings. The van der Waals surface area contributed by atoms with E-state index in [1.807, 2.05) is 29.2 Å². The number of carbonyl (C=O) groups excluding carboxylic acids is 1. The van der Waals surface area contributed by atoms with Gasteiger partial charge in [-0.25, -0.2) is 8.42 Å². The van der Waals surface area contributed by atoms with E-state index in [0.717, 1.165) is 43.5 Å². The Labute approximate surface area is 167 Å². The summed E-state index contributed by atoms with van der Waals surface area (Å²) in [6, 6.07) is 14.4. The van der Waals surface area contributed by atoms with E-state index in [-0.39, 0.29) is 16.8 Å². The lowest BCUT2D eigenvalue weighted by Crippen LogP contribution is -2.43. The highest BCUT2D eigenvalue weighted by Gasteiger charge is 2.32. The normalized spacial score (nSPS) is 19.5. The Morgan fingerprint density at radius 2 is 1.89 bits per heavy atom. The maximum Gasteiger partial charge on any atom is 0.264 e. The van der Waals surface area contributed by atoms with Crippen LogP contribution in [0, 0.1) is 0 Å². The Hall–Kier alpha value is -2.34. The molecule has 6 heteroatoms. The lowest BCUT2D eigenvalue weighted by atomic mass is 9.99. The van der Waals surface area contributed by atoms with E-state index >= 15 is 0 Å². The number of rotatable bonds is 4. The Morgan fingerprint density at radius 1 is 1.07 bits per heavy atom. The number of nitrogens with zero attached hydrogens (tertiary/aromatic N) is 2. The van der Waals surface area contributed by atoms with E-state index in [2.05, 4.69) is 6.92 Å². The van der Waals surface area contributed by atoms with Crippen LogP contribution in [0.5, 0.6) is 0 Å². The van der Waals surface area contributed by atoms with Crippen molar-refractivity contribution < 1.29 is 13.2 Å². The van der Waals surface area contributed by atoms with Gasteiger partial charge >= 0.3 is 0 Å². The second-order valence-corrected chi connectivity index (χ2v) is 9.40. The van der Waals surface area contributed by atoms with E-state index in [4.69, 9.17) is 0 Å². The van der Waals surface area contributed by atoms with Gasteiger partial charge in [-0.2, -0.15) is 0 Å². The molecule has 4 rings (SSSR count). The molecule has 2 heterocycles. The maximum absolute atomic E-state index is 13.3. The predicted molar refractivity (Wildman–Crippen MR) is 110 cm³/mol. The minimum absolute atomic E-state index is 0.0644. The monoisotopic (exact) mass is 398 g/mol. The third kappa shape index (κ3) is 3.30. The first-order valence-corrected chi connectivity index (χ1v) is 11.5. The fourth-order valence-corrected chi connectivity index (χ4v) is 5.88. The van der Waals surface area contributed by atoms with Crippen LogP contribution in [-0.2, 0) is 16.4 Å². The Morgan fingerprint density at radius 3 is 2.71 bits per heavy atom. The third-order valence-corrected chi connectivity index (χ3v) is 7.68. The first-order chi connectivity index (χ1) is 13.5. The summed E-state index contributed by atoms with van der Waals surface area (Å²) in [5.41, 5.74) is 2.23. The summed E-state index contributed by atoms with van der Waals surface area (Å²) in [5, 5.41) is 0. The molecular weight excluding hydrogens is 372 g/mol. The molecule has 0 radical (unpaired) electrons. The quantitative estimate of drug-likeness (QED) is 0.786. The first-order valence-electron chi connectivity index (χ1n) is 10.0. The summed E-state index contributed by atoms with van der Waals surface area (Å²) >= 11 is 0. The molecule has 1 fully saturated rings. The molecule has 2 aromatic carbocycles. The number of fused-ring (bicyclic) bond motifs is 1. The second-order valence-electron chi connectivity index (χ2n) is 7.54. The molecule has 1 unspecified atom stereocenters. The standard InChI is InChI=1S/C22H26N2O3S/c1-2-19-10-5-6-14-23(19)22(25)18-9-7-11-20(16-18)28(26,27)24-15-13-17-8-3-4-12-21(17)24/h3-4,7-9,11-12,16,19H,2,5-6,10,13-15H2,1H3. The molecule has 148 valence electrons. The van der Waals surface area contributed by atoms with Gasteiger partial charge in [0.15, 0.2) is 0 Å². The molecule has 0 bridgehead atoms. The van der Waals surface area contributed by atoms with Gasteiger partial charge in [0.25, 0.3) is 15.9 Å². The van der Waals surface area contributed by atoms with Crippen molar-refractivity contribution in [3.63, 3.8) is 0 Å². The number of piperidine rings is 1. The van der Waals surface area contributed by atoms with Gasteiger partial charge in [0.1, 0.15) is 0 Å². The van der Waals surface area contributed by atoms with Gasteiger partial charge in [0.05, 0.1) is 10.6 Å². The van der Waals surface area contributed by atoms with Crippen LogP contribution in [0.1, 0.15) is 48.5 Å². The van der Waals surface area contributed by atoms with Crippen molar-refractivity contribution in [1.29, 1.82) is 0 Å². The Kier molecular flexibility index (Phi) is 5.15. The SMILES string of the molecule is CCC1CCCCN1C(=O)c1cccc(S(=O)(=O)N2CCc3ccccc32)c1. The summed E-state index contributed by atoms with van der Waals surface area (Å²) in [4.78, 5) is 15.2. The molecule has 28 heavy (non-hydrogen) atoms. The van der Waals surface area contributed by atoms with Crippen LogP contribution >= 0.6 is 0 Å². The molecule has 1 atom stereocenters.